The number of benzene rings is 2. The van der Waals surface area contributed by atoms with Crippen LogP contribution in [0.1, 0.15) is 88.4 Å². The standard InChI is InChI=1S/C19H20N2O4.C18H23N3O4.S28/c1-2-10-25-11-4-6-13-5-3-7-14-15(13)12-21(19(14)24)16-8-9-17(22)20-18(16)23;19-8-10-25-9-2-4-12-3-1-5-13-14(12)11-21(18(13)24)15-6-7-16(22)20-17(15)23;1-3-5-7-9-11-13-15-17-19-21-23-25-27-28-26-24-22-20-18-16-14-12-10-8-6-4-2/h3,5,7,16H,2,8-12H2,1H3,(H,20,22,23);1,3,5,15H,2,4,6-11,19H2,(H,20,22,23);. The van der Waals surface area contributed by atoms with Gasteiger partial charge in [-0.1, -0.05) is 37.0 Å². The molecule has 6 rings (SSSR count). The van der Waals surface area contributed by atoms with Gasteiger partial charge < -0.3 is 25.0 Å². The van der Waals surface area contributed by atoms with E-state index in [2.05, 4.69) is 22.5 Å². The number of nitrogens with zero attached hydrogens (tertiary/aromatic N) is 2. The molecule has 2 aromatic rings. The number of hydrogen-bond acceptors (Lipinski definition) is 11. The van der Waals surface area contributed by atoms with E-state index in [-0.39, 0.29) is 42.4 Å². The van der Waals surface area contributed by atoms with Crippen LogP contribution in [0.2, 0.25) is 0 Å². The Morgan fingerprint density at radius 1 is 0.564 bits per heavy atom. The molecule has 13 nitrogen and oxygen atoms in total. The van der Waals surface area contributed by atoms with Gasteiger partial charge in [-0.3, -0.25) is 39.4 Å². The fourth-order valence-corrected chi connectivity index (χ4v) is 72.7. The first-order chi connectivity index (χ1) is 38.1. The number of ether oxygens (including phenoxy) is 2. The van der Waals surface area contributed by atoms with Crippen LogP contribution >= 0.6 is 0 Å². The molecule has 6 amide bonds. The summed E-state index contributed by atoms with van der Waals surface area (Å²) in [5.74, 6) is 4.36. The number of nitrogens with two attached hydrogens (primary N) is 1. The molecule has 0 aliphatic carbocycles. The third-order valence-electron chi connectivity index (χ3n) is 9.70. The highest BCUT2D eigenvalue weighted by Gasteiger charge is 2.41. The van der Waals surface area contributed by atoms with Crippen molar-refractivity contribution in [2.75, 3.05) is 33.0 Å². The van der Waals surface area contributed by atoms with Gasteiger partial charge in [-0.05, 0) is 67.0 Å². The molecule has 41 heteroatoms. The van der Waals surface area contributed by atoms with Gasteiger partial charge in [-0.25, -0.2) is 0 Å². The topological polar surface area (TPSA) is 177 Å². The van der Waals surface area contributed by atoms with Gasteiger partial charge in [0, 0.05) is 316 Å². The van der Waals surface area contributed by atoms with E-state index in [0.717, 1.165) is 41.5 Å². The van der Waals surface area contributed by atoms with Crippen molar-refractivity contribution < 1.29 is 38.2 Å². The maximum Gasteiger partial charge on any atom is 0.255 e. The monoisotopic (exact) mass is 1580 g/mol. The largest absolute Gasteiger partial charge is 0.380 e. The Morgan fingerprint density at radius 2 is 0.987 bits per heavy atom. The van der Waals surface area contributed by atoms with Gasteiger partial charge in [0.05, 0.1) is 6.61 Å². The van der Waals surface area contributed by atoms with E-state index in [1.807, 2.05) is 114 Å². The average Bonchev–Trinajstić information content (AvgIpc) is 3.98. The van der Waals surface area contributed by atoms with Crippen molar-refractivity contribution in [2.45, 2.75) is 77.0 Å². The Labute approximate surface area is 536 Å². The second kappa shape index (κ2) is 45.6. The molecule has 2 fully saturated rings. The Hall–Kier alpha value is 1.26. The lowest BCUT2D eigenvalue weighted by Crippen LogP contribution is -2.52. The van der Waals surface area contributed by atoms with Gasteiger partial charge in [0.25, 0.3) is 11.8 Å². The average molecular weight is 1580 g/mol. The van der Waals surface area contributed by atoms with Crippen molar-refractivity contribution in [3.05, 3.63) is 69.8 Å². The molecule has 0 spiro atoms. The first-order valence-corrected chi connectivity index (χ1v) is 57.6. The van der Waals surface area contributed by atoms with Crippen molar-refractivity contribution >= 4 is 289 Å². The lowest BCUT2D eigenvalue weighted by molar-refractivity contribution is -0.138. The van der Waals surface area contributed by atoms with Crippen LogP contribution < -0.4 is 16.4 Å². The van der Waals surface area contributed by atoms with Gasteiger partial charge in [-0.15, -0.1) is 0 Å². The van der Waals surface area contributed by atoms with E-state index < -0.39 is 18.0 Å². The number of hydrogen-bond donors (Lipinski definition) is 3. The molecule has 2 unspecified atom stereocenters. The Kier molecular flexibility index (Phi) is 41.9. The summed E-state index contributed by atoms with van der Waals surface area (Å²) >= 11 is 9.56. The van der Waals surface area contributed by atoms with E-state index in [9.17, 15) is 28.8 Å². The second-order valence-corrected chi connectivity index (χ2v) is 60.2. The van der Waals surface area contributed by atoms with Crippen LogP contribution in [0.15, 0.2) is 36.4 Å². The number of piperidine rings is 2. The predicted molar refractivity (Wildman–Crippen MR) is 387 cm³/mol. The number of imide groups is 2. The highest BCUT2D eigenvalue weighted by Crippen LogP contribution is 2.31. The number of carbonyl (C=O) groups excluding carboxylic acids is 6. The summed E-state index contributed by atoms with van der Waals surface area (Å²) in [6.07, 6.45) is 3.86. The zero-order valence-electron chi connectivity index (χ0n) is 39.7. The van der Waals surface area contributed by atoms with E-state index in [1.54, 1.807) is 147 Å². The van der Waals surface area contributed by atoms with Gasteiger partial charge in [0.1, 0.15) is 18.7 Å². The molecule has 4 heterocycles. The molecule has 0 aromatic heterocycles. The van der Waals surface area contributed by atoms with Crippen LogP contribution in [0.3, 0.4) is 0 Å². The van der Waals surface area contributed by atoms with Crippen LogP contribution in [-0.2, 0) is 301 Å². The summed E-state index contributed by atoms with van der Waals surface area (Å²) < 4.78 is 10.7. The van der Waals surface area contributed by atoms with Crippen molar-refractivity contribution in [2.24, 2.45) is 5.73 Å². The number of fused-ring (bicyclic) bond motifs is 2. The molecular weight excluding hydrogens is 1540 g/mol. The Balaban J connectivity index is 0.000000253. The summed E-state index contributed by atoms with van der Waals surface area (Å²) in [4.78, 5) is 75.3. The minimum atomic E-state index is -0.605. The highest BCUT2D eigenvalue weighted by molar-refractivity contribution is 8.79. The molecular formula is C37H43N5O8S28. The number of nitrogens with one attached hydrogen (secondary N) is 2. The zero-order chi connectivity index (χ0) is 56.0. The molecule has 4 aliphatic rings. The summed E-state index contributed by atoms with van der Waals surface area (Å²) in [5.41, 5.74) is 10.3. The Bertz CT molecular complexity index is 3800. The fraction of sp³-hybridized carbons (Fsp3) is 0.459. The van der Waals surface area contributed by atoms with Gasteiger partial charge in [0.2, 0.25) is 23.6 Å². The lowest BCUT2D eigenvalue weighted by Gasteiger charge is -2.29. The minimum absolute atomic E-state index is 0.134. The molecule has 432 valence electrons. The van der Waals surface area contributed by atoms with Gasteiger partial charge in [-0.2, -0.15) is 0 Å². The molecule has 0 bridgehead atoms. The lowest BCUT2D eigenvalue weighted by atomic mass is 10.00. The number of aryl methyl sites for hydroxylation is 1. The number of rotatable bonds is 11. The first kappa shape index (κ1) is 71.7. The molecule has 0 saturated carbocycles. The molecule has 2 atom stereocenters. The van der Waals surface area contributed by atoms with Crippen LogP contribution in [0.25, 0.3) is 0 Å². The quantitative estimate of drug-likeness (QED) is 0.169. The highest BCUT2D eigenvalue weighted by atomic mass is 33.5. The van der Waals surface area contributed by atoms with Crippen molar-refractivity contribution in [1.82, 2.24) is 20.4 Å². The van der Waals surface area contributed by atoms with Crippen molar-refractivity contribution in [3.8, 4) is 11.8 Å². The van der Waals surface area contributed by atoms with Crippen LogP contribution in [0.5, 0.6) is 0 Å². The predicted octanol–water partition coefficient (Wildman–Crippen LogP) is 1.51. The normalized spacial score (nSPS) is 15.3. The Morgan fingerprint density at radius 3 is 1.41 bits per heavy atom. The zero-order valence-corrected chi connectivity index (χ0v) is 62.5. The molecule has 2 aromatic carbocycles. The molecule has 78 heavy (non-hydrogen) atoms. The molecule has 0 radical (unpaired) electrons. The SMILES string of the molecule is CCCOCC#Cc1cccc2c1CN(C1CCC(=O)NC1=O)C2=O.NCCOCCCc1cccc2c1CN(C1CCC(=O)NC1=O)C2=O.S=S=S=S=S=S=S=S=S=S=S=S=S=S=S=S=S=S=S=S=S=S=S=S=S=S=S=S. The van der Waals surface area contributed by atoms with Crippen molar-refractivity contribution in [3.63, 3.8) is 0 Å². The van der Waals surface area contributed by atoms with E-state index in [4.69, 9.17) is 37.6 Å². The van der Waals surface area contributed by atoms with Crippen LogP contribution in [0.4, 0.5) is 0 Å². The third-order valence-corrected chi connectivity index (χ3v) is 65.3. The van der Waals surface area contributed by atoms with E-state index in [1.165, 1.54) is 22.7 Å². The summed E-state index contributed by atoms with van der Waals surface area (Å²) in [6.45, 7) is 5.50. The molecule has 2 saturated heterocycles. The van der Waals surface area contributed by atoms with Gasteiger partial charge in [0.15, 0.2) is 0 Å². The fourth-order valence-electron chi connectivity index (χ4n) is 6.81. The summed E-state index contributed by atoms with van der Waals surface area (Å²) in [6, 6.07) is 9.93. The minimum Gasteiger partial charge on any atom is -0.380 e. The number of amides is 6. The third kappa shape index (κ3) is 28.2. The summed E-state index contributed by atoms with van der Waals surface area (Å²) in [5, 5.41) is 4.63. The smallest absolute Gasteiger partial charge is 0.255 e. The summed E-state index contributed by atoms with van der Waals surface area (Å²) in [7, 11) is 45.4. The van der Waals surface area contributed by atoms with E-state index in [0.29, 0.717) is 70.0 Å². The first-order valence-electron chi connectivity index (χ1n) is 21.6. The second-order valence-electron chi connectivity index (χ2n) is 14.2. The maximum absolute atomic E-state index is 12.7. The molecule has 4 N–H and O–H groups in total. The molecule has 4 aliphatic heterocycles. The van der Waals surface area contributed by atoms with E-state index >= 15 is 0 Å². The van der Waals surface area contributed by atoms with Crippen LogP contribution in [-0.4, -0.2) is 90.3 Å². The van der Waals surface area contributed by atoms with Crippen LogP contribution in [0, 0.1) is 11.8 Å². The maximum atomic E-state index is 12.7. The van der Waals surface area contributed by atoms with Gasteiger partial charge >= 0.3 is 0 Å². The number of carbonyl (C=O) groups is 6. The van der Waals surface area contributed by atoms with Crippen molar-refractivity contribution in [1.29, 1.82) is 0 Å².